The number of aliphatic carboxylic acids is 1. The van der Waals surface area contributed by atoms with Gasteiger partial charge in [-0.3, -0.25) is 9.59 Å². The molecule has 0 aliphatic carbocycles. The van der Waals surface area contributed by atoms with E-state index in [0.29, 0.717) is 45.6 Å². The summed E-state index contributed by atoms with van der Waals surface area (Å²) in [6.07, 6.45) is 2.40. The average molecular weight is 335 g/mol. The third-order valence-corrected chi connectivity index (χ3v) is 4.06. The van der Waals surface area contributed by atoms with Crippen LogP contribution in [0.1, 0.15) is 32.6 Å². The van der Waals surface area contributed by atoms with Crippen molar-refractivity contribution in [3.63, 3.8) is 0 Å². The van der Waals surface area contributed by atoms with E-state index < -0.39 is 11.9 Å². The molecule has 0 bridgehead atoms. The molecule has 1 aromatic carbocycles. The fraction of sp³-hybridized carbons (Fsp3) is 0.556. The number of hydrogen-bond acceptors (Lipinski definition) is 4. The summed E-state index contributed by atoms with van der Waals surface area (Å²) in [5.74, 6) is 0.318. The van der Waals surface area contributed by atoms with E-state index in [2.05, 4.69) is 0 Å². The van der Waals surface area contributed by atoms with Crippen LogP contribution in [0, 0.1) is 5.92 Å². The van der Waals surface area contributed by atoms with Gasteiger partial charge >= 0.3 is 5.97 Å². The molecule has 0 radical (unpaired) electrons. The number of carboxylic acids is 1. The Morgan fingerprint density at radius 3 is 2.50 bits per heavy atom. The maximum atomic E-state index is 12.2. The van der Waals surface area contributed by atoms with Gasteiger partial charge in [0.25, 0.3) is 0 Å². The van der Waals surface area contributed by atoms with Crippen LogP contribution in [0.15, 0.2) is 24.3 Å². The Hall–Kier alpha value is -2.24. The van der Waals surface area contributed by atoms with Crippen molar-refractivity contribution >= 4 is 11.9 Å². The molecule has 1 atom stereocenters. The third kappa shape index (κ3) is 5.44. The lowest BCUT2D eigenvalue weighted by molar-refractivity contribution is -0.145. The van der Waals surface area contributed by atoms with Crippen LogP contribution < -0.4 is 9.47 Å². The van der Waals surface area contributed by atoms with Gasteiger partial charge in [0.1, 0.15) is 11.5 Å². The van der Waals surface area contributed by atoms with Crippen molar-refractivity contribution in [2.75, 3.05) is 26.3 Å². The Bertz CT molecular complexity index is 543. The van der Waals surface area contributed by atoms with Crippen molar-refractivity contribution < 1.29 is 24.2 Å². The number of likely N-dealkylation sites (tertiary alicyclic amines) is 1. The molecular formula is C18H25NO5. The fourth-order valence-corrected chi connectivity index (χ4v) is 2.78. The summed E-state index contributed by atoms with van der Waals surface area (Å²) in [5.41, 5.74) is 0. The number of ether oxygens (including phenoxy) is 2. The molecule has 1 heterocycles. The number of amides is 1. The van der Waals surface area contributed by atoms with Crippen molar-refractivity contribution in [3.05, 3.63) is 24.3 Å². The van der Waals surface area contributed by atoms with Crippen LogP contribution >= 0.6 is 0 Å². The van der Waals surface area contributed by atoms with E-state index in [-0.39, 0.29) is 5.91 Å². The zero-order chi connectivity index (χ0) is 17.4. The molecule has 1 fully saturated rings. The Kier molecular flexibility index (Phi) is 6.90. The van der Waals surface area contributed by atoms with Gasteiger partial charge in [-0.1, -0.05) is 0 Å². The number of rotatable bonds is 8. The van der Waals surface area contributed by atoms with Gasteiger partial charge in [-0.15, -0.1) is 0 Å². The Labute approximate surface area is 142 Å². The third-order valence-electron chi connectivity index (χ3n) is 4.06. The number of carbonyl (C=O) groups excluding carboxylic acids is 1. The van der Waals surface area contributed by atoms with Crippen LogP contribution in [0.3, 0.4) is 0 Å². The summed E-state index contributed by atoms with van der Waals surface area (Å²) in [7, 11) is 0. The highest BCUT2D eigenvalue weighted by atomic mass is 16.5. The van der Waals surface area contributed by atoms with Crippen LogP contribution in [0.2, 0.25) is 0 Å². The summed E-state index contributed by atoms with van der Waals surface area (Å²) < 4.78 is 11.0. The predicted molar refractivity (Wildman–Crippen MR) is 89.3 cm³/mol. The highest BCUT2D eigenvalue weighted by Gasteiger charge is 2.27. The zero-order valence-electron chi connectivity index (χ0n) is 14.1. The van der Waals surface area contributed by atoms with Gasteiger partial charge in [0.05, 0.1) is 19.1 Å². The SMILES string of the molecule is CCOc1ccc(OCCCC(=O)N2CCC[C@H](C(=O)O)C2)cc1. The summed E-state index contributed by atoms with van der Waals surface area (Å²) in [5, 5.41) is 9.06. The molecule has 1 aliphatic heterocycles. The van der Waals surface area contributed by atoms with Crippen LogP contribution in [0.25, 0.3) is 0 Å². The van der Waals surface area contributed by atoms with Crippen LogP contribution in [0.5, 0.6) is 11.5 Å². The predicted octanol–water partition coefficient (Wildman–Crippen LogP) is 2.57. The highest BCUT2D eigenvalue weighted by Crippen LogP contribution is 2.19. The van der Waals surface area contributed by atoms with Crippen molar-refractivity contribution in [1.29, 1.82) is 0 Å². The lowest BCUT2D eigenvalue weighted by Crippen LogP contribution is -2.42. The molecule has 24 heavy (non-hydrogen) atoms. The molecule has 6 heteroatoms. The van der Waals surface area contributed by atoms with Crippen molar-refractivity contribution in [2.24, 2.45) is 5.92 Å². The molecule has 1 aromatic rings. The van der Waals surface area contributed by atoms with E-state index in [1.807, 2.05) is 31.2 Å². The first kappa shape index (κ1) is 18.1. The quantitative estimate of drug-likeness (QED) is 0.739. The second kappa shape index (κ2) is 9.15. The van der Waals surface area contributed by atoms with E-state index >= 15 is 0 Å². The second-order valence-electron chi connectivity index (χ2n) is 5.87. The first-order valence-corrected chi connectivity index (χ1v) is 8.46. The monoisotopic (exact) mass is 335 g/mol. The maximum absolute atomic E-state index is 12.2. The topological polar surface area (TPSA) is 76.1 Å². The van der Waals surface area contributed by atoms with E-state index in [4.69, 9.17) is 14.6 Å². The largest absolute Gasteiger partial charge is 0.494 e. The highest BCUT2D eigenvalue weighted by molar-refractivity contribution is 5.78. The van der Waals surface area contributed by atoms with Gasteiger partial charge in [0.15, 0.2) is 0 Å². The number of benzene rings is 1. The minimum Gasteiger partial charge on any atom is -0.494 e. The Morgan fingerprint density at radius 1 is 1.21 bits per heavy atom. The minimum atomic E-state index is -0.814. The van der Waals surface area contributed by atoms with Crippen molar-refractivity contribution in [2.45, 2.75) is 32.6 Å². The lowest BCUT2D eigenvalue weighted by Gasteiger charge is -2.30. The molecule has 132 valence electrons. The molecular weight excluding hydrogens is 310 g/mol. The van der Waals surface area contributed by atoms with E-state index in [0.717, 1.165) is 17.9 Å². The van der Waals surface area contributed by atoms with Crippen LogP contribution in [0.4, 0.5) is 0 Å². The van der Waals surface area contributed by atoms with Crippen LogP contribution in [-0.4, -0.2) is 48.2 Å². The normalized spacial score (nSPS) is 17.4. The number of carboxylic acid groups (broad SMARTS) is 1. The first-order valence-electron chi connectivity index (χ1n) is 8.46. The van der Waals surface area contributed by atoms with Gasteiger partial charge in [0, 0.05) is 19.5 Å². The lowest BCUT2D eigenvalue weighted by atomic mass is 9.98. The molecule has 0 aromatic heterocycles. The molecule has 1 amide bonds. The number of hydrogen-bond donors (Lipinski definition) is 1. The molecule has 1 N–H and O–H groups in total. The van der Waals surface area contributed by atoms with Crippen molar-refractivity contribution in [3.8, 4) is 11.5 Å². The summed E-state index contributed by atoms with van der Waals surface area (Å²) in [6, 6.07) is 7.39. The standard InChI is InChI=1S/C18H25NO5/c1-2-23-15-7-9-16(10-8-15)24-12-4-6-17(20)19-11-3-5-14(13-19)18(21)22/h7-10,14H,2-6,11-13H2,1H3,(H,21,22)/t14-/m0/s1. The minimum absolute atomic E-state index is 0.0104. The smallest absolute Gasteiger partial charge is 0.308 e. The average Bonchev–Trinajstić information content (AvgIpc) is 2.60. The summed E-state index contributed by atoms with van der Waals surface area (Å²) in [4.78, 5) is 24.9. The molecule has 0 saturated carbocycles. The first-order chi connectivity index (χ1) is 11.6. The van der Waals surface area contributed by atoms with Gasteiger partial charge in [-0.2, -0.15) is 0 Å². The Balaban J connectivity index is 1.68. The summed E-state index contributed by atoms with van der Waals surface area (Å²) in [6.45, 7) is 4.00. The molecule has 1 aliphatic rings. The number of piperidine rings is 1. The fourth-order valence-electron chi connectivity index (χ4n) is 2.78. The molecule has 0 unspecified atom stereocenters. The molecule has 6 nitrogen and oxygen atoms in total. The molecule has 2 rings (SSSR count). The number of nitrogens with zero attached hydrogens (tertiary/aromatic N) is 1. The molecule has 0 spiro atoms. The van der Waals surface area contributed by atoms with Gasteiger partial charge < -0.3 is 19.5 Å². The Morgan fingerprint density at radius 2 is 1.88 bits per heavy atom. The van der Waals surface area contributed by atoms with Gasteiger partial charge in [-0.05, 0) is 50.5 Å². The van der Waals surface area contributed by atoms with Gasteiger partial charge in [0.2, 0.25) is 5.91 Å². The summed E-state index contributed by atoms with van der Waals surface area (Å²) >= 11 is 0. The zero-order valence-corrected chi connectivity index (χ0v) is 14.1. The second-order valence-corrected chi connectivity index (χ2v) is 5.87. The van der Waals surface area contributed by atoms with Gasteiger partial charge in [-0.25, -0.2) is 0 Å². The van der Waals surface area contributed by atoms with E-state index in [9.17, 15) is 9.59 Å². The van der Waals surface area contributed by atoms with E-state index in [1.54, 1.807) is 4.90 Å². The maximum Gasteiger partial charge on any atom is 0.308 e. The van der Waals surface area contributed by atoms with Crippen molar-refractivity contribution in [1.82, 2.24) is 4.90 Å². The molecule has 1 saturated heterocycles. The number of carbonyl (C=O) groups is 2. The van der Waals surface area contributed by atoms with E-state index in [1.165, 1.54) is 0 Å². The van der Waals surface area contributed by atoms with Crippen LogP contribution in [-0.2, 0) is 9.59 Å².